The molecule has 3 nitrogen and oxygen atoms in total. The summed E-state index contributed by atoms with van der Waals surface area (Å²) in [6.45, 7) is 1.92. The normalized spacial score (nSPS) is 10.8. The Kier molecular flexibility index (Phi) is 5.04. The van der Waals surface area contributed by atoms with Gasteiger partial charge in [-0.05, 0) is 42.8 Å². The Morgan fingerprint density at radius 1 is 1.33 bits per heavy atom. The maximum absolute atomic E-state index is 10.7. The van der Waals surface area contributed by atoms with Gasteiger partial charge in [-0.3, -0.25) is 0 Å². The van der Waals surface area contributed by atoms with E-state index in [1.807, 2.05) is 25.1 Å². The minimum atomic E-state index is -1.03. The van der Waals surface area contributed by atoms with E-state index in [9.17, 15) is 4.79 Å². The van der Waals surface area contributed by atoms with Gasteiger partial charge in [0.05, 0.1) is 5.02 Å². The van der Waals surface area contributed by atoms with Gasteiger partial charge in [-0.2, -0.15) is 0 Å². The highest BCUT2D eigenvalue weighted by Crippen LogP contribution is 2.35. The van der Waals surface area contributed by atoms with E-state index in [2.05, 4.69) is 15.9 Å². The quantitative estimate of drug-likeness (QED) is 0.746. The zero-order valence-corrected chi connectivity index (χ0v) is 13.5. The van der Waals surface area contributed by atoms with Crippen molar-refractivity contribution in [3.05, 3.63) is 63.1 Å². The molecular weight excluding hydrogens is 356 g/mol. The first-order valence-electron chi connectivity index (χ1n) is 6.11. The van der Waals surface area contributed by atoms with Crippen molar-refractivity contribution in [2.75, 3.05) is 0 Å². The van der Waals surface area contributed by atoms with Crippen molar-refractivity contribution in [3.63, 3.8) is 0 Å². The molecule has 0 aliphatic carbocycles. The molecule has 0 amide bonds. The Bertz CT molecular complexity index is 711. The van der Waals surface area contributed by atoms with Crippen molar-refractivity contribution in [1.29, 1.82) is 0 Å². The Morgan fingerprint density at radius 2 is 2.10 bits per heavy atom. The van der Waals surface area contributed by atoms with Crippen molar-refractivity contribution in [3.8, 4) is 11.5 Å². The van der Waals surface area contributed by atoms with Crippen LogP contribution in [0, 0.1) is 6.92 Å². The minimum absolute atomic E-state index is 0.421. The number of rotatable bonds is 4. The van der Waals surface area contributed by atoms with Gasteiger partial charge in [0, 0.05) is 16.1 Å². The van der Waals surface area contributed by atoms with Crippen LogP contribution in [0.25, 0.3) is 6.08 Å². The third-order valence-electron chi connectivity index (χ3n) is 2.75. The van der Waals surface area contributed by atoms with Gasteiger partial charge in [0.2, 0.25) is 0 Å². The lowest BCUT2D eigenvalue weighted by atomic mass is 10.1. The number of halogens is 2. The van der Waals surface area contributed by atoms with Crippen LogP contribution in [0.5, 0.6) is 11.5 Å². The maximum Gasteiger partial charge on any atom is 0.328 e. The summed E-state index contributed by atoms with van der Waals surface area (Å²) in [5.74, 6) is 0.0686. The molecule has 2 aromatic rings. The standard InChI is InChI=1S/C16H12BrClO3/c1-10-9-12(17)6-7-14(10)21-16-11(5-8-15(19)20)3-2-4-13(16)18/h2-9H,1H3,(H,19,20)/b8-5+. The van der Waals surface area contributed by atoms with Crippen molar-refractivity contribution < 1.29 is 14.6 Å². The SMILES string of the molecule is Cc1cc(Br)ccc1Oc1c(Cl)cccc1/C=C/C(=O)O. The second kappa shape index (κ2) is 6.78. The van der Waals surface area contributed by atoms with Gasteiger partial charge < -0.3 is 9.84 Å². The molecule has 2 rings (SSSR count). The van der Waals surface area contributed by atoms with Gasteiger partial charge in [-0.25, -0.2) is 4.79 Å². The number of para-hydroxylation sites is 1. The molecule has 0 saturated heterocycles. The molecule has 21 heavy (non-hydrogen) atoms. The van der Waals surface area contributed by atoms with Crippen LogP contribution in [0.2, 0.25) is 5.02 Å². The van der Waals surface area contributed by atoms with Crippen LogP contribution in [-0.4, -0.2) is 11.1 Å². The predicted octanol–water partition coefficient (Wildman–Crippen LogP) is 5.30. The number of carbonyl (C=O) groups is 1. The van der Waals surface area contributed by atoms with Gasteiger partial charge in [0.15, 0.2) is 5.75 Å². The van der Waals surface area contributed by atoms with Crippen LogP contribution < -0.4 is 4.74 Å². The first-order chi connectivity index (χ1) is 9.97. The molecule has 0 atom stereocenters. The average Bonchev–Trinajstić information content (AvgIpc) is 2.42. The van der Waals surface area contributed by atoms with Crippen LogP contribution in [0.4, 0.5) is 0 Å². The van der Waals surface area contributed by atoms with Crippen molar-refractivity contribution >= 4 is 39.6 Å². The number of aryl methyl sites for hydroxylation is 1. The number of ether oxygens (including phenoxy) is 1. The van der Waals surface area contributed by atoms with E-state index in [-0.39, 0.29) is 0 Å². The number of benzene rings is 2. The third kappa shape index (κ3) is 4.09. The Labute approximate surface area is 135 Å². The summed E-state index contributed by atoms with van der Waals surface area (Å²) in [7, 11) is 0. The monoisotopic (exact) mass is 366 g/mol. The number of carboxylic acids is 1. The summed E-state index contributed by atoms with van der Waals surface area (Å²) in [5.41, 5.74) is 1.55. The zero-order chi connectivity index (χ0) is 15.4. The molecule has 0 aliphatic heterocycles. The molecule has 5 heteroatoms. The van der Waals surface area contributed by atoms with Crippen molar-refractivity contribution in [2.45, 2.75) is 6.92 Å². The first kappa shape index (κ1) is 15.6. The number of aliphatic carboxylic acids is 1. The Balaban J connectivity index is 2.41. The fraction of sp³-hybridized carbons (Fsp3) is 0.0625. The molecule has 108 valence electrons. The van der Waals surface area contributed by atoms with Gasteiger partial charge >= 0.3 is 5.97 Å². The summed E-state index contributed by atoms with van der Waals surface area (Å²) < 4.78 is 6.82. The van der Waals surface area contributed by atoms with Crippen LogP contribution >= 0.6 is 27.5 Å². The predicted molar refractivity (Wildman–Crippen MR) is 87.1 cm³/mol. The number of hydrogen-bond donors (Lipinski definition) is 1. The topological polar surface area (TPSA) is 46.5 Å². The van der Waals surface area contributed by atoms with Crippen LogP contribution in [-0.2, 0) is 4.79 Å². The van der Waals surface area contributed by atoms with E-state index in [4.69, 9.17) is 21.4 Å². The second-order valence-corrected chi connectivity index (χ2v) is 5.66. The second-order valence-electron chi connectivity index (χ2n) is 4.34. The molecule has 0 bridgehead atoms. The molecule has 0 aromatic heterocycles. The highest BCUT2D eigenvalue weighted by Gasteiger charge is 2.10. The van der Waals surface area contributed by atoms with E-state index in [0.29, 0.717) is 22.1 Å². The smallest absolute Gasteiger partial charge is 0.328 e. The van der Waals surface area contributed by atoms with Crippen molar-refractivity contribution in [1.82, 2.24) is 0 Å². The summed E-state index contributed by atoms with van der Waals surface area (Å²) in [6.07, 6.45) is 2.50. The Morgan fingerprint density at radius 3 is 2.76 bits per heavy atom. The Hall–Kier alpha value is -1.78. The van der Waals surface area contributed by atoms with E-state index < -0.39 is 5.97 Å². The maximum atomic E-state index is 10.7. The largest absolute Gasteiger partial charge is 0.478 e. The highest BCUT2D eigenvalue weighted by atomic mass is 79.9. The average molecular weight is 368 g/mol. The highest BCUT2D eigenvalue weighted by molar-refractivity contribution is 9.10. The van der Waals surface area contributed by atoms with E-state index >= 15 is 0 Å². The molecule has 0 radical (unpaired) electrons. The van der Waals surface area contributed by atoms with Crippen LogP contribution in [0.1, 0.15) is 11.1 Å². The fourth-order valence-electron chi connectivity index (χ4n) is 1.76. The molecule has 0 unspecified atom stereocenters. The van der Waals surface area contributed by atoms with Gasteiger partial charge in [0.25, 0.3) is 0 Å². The van der Waals surface area contributed by atoms with Crippen LogP contribution in [0.3, 0.4) is 0 Å². The van der Waals surface area contributed by atoms with Gasteiger partial charge in [-0.15, -0.1) is 0 Å². The molecule has 0 saturated carbocycles. The lowest BCUT2D eigenvalue weighted by Gasteiger charge is -2.13. The number of carboxylic acid groups (broad SMARTS) is 1. The van der Waals surface area contributed by atoms with E-state index in [0.717, 1.165) is 16.1 Å². The van der Waals surface area contributed by atoms with Crippen LogP contribution in [0.15, 0.2) is 46.9 Å². The third-order valence-corrected chi connectivity index (χ3v) is 3.54. The van der Waals surface area contributed by atoms with Gasteiger partial charge in [-0.1, -0.05) is 39.7 Å². The summed E-state index contributed by atoms with van der Waals surface area (Å²) in [4.78, 5) is 10.7. The first-order valence-corrected chi connectivity index (χ1v) is 7.28. The molecule has 0 fully saturated rings. The summed E-state index contributed by atoms with van der Waals surface area (Å²) in [6, 6.07) is 10.8. The number of hydrogen-bond acceptors (Lipinski definition) is 2. The van der Waals surface area contributed by atoms with Gasteiger partial charge in [0.1, 0.15) is 5.75 Å². The minimum Gasteiger partial charge on any atom is -0.478 e. The zero-order valence-electron chi connectivity index (χ0n) is 11.1. The van der Waals surface area contributed by atoms with E-state index in [1.165, 1.54) is 6.08 Å². The van der Waals surface area contributed by atoms with Crippen molar-refractivity contribution in [2.24, 2.45) is 0 Å². The lowest BCUT2D eigenvalue weighted by molar-refractivity contribution is -0.131. The molecule has 0 aliphatic rings. The summed E-state index contributed by atoms with van der Waals surface area (Å²) in [5, 5.41) is 9.15. The molecule has 1 N–H and O–H groups in total. The van der Waals surface area contributed by atoms with E-state index in [1.54, 1.807) is 18.2 Å². The molecule has 0 spiro atoms. The fourth-order valence-corrected chi connectivity index (χ4v) is 2.46. The lowest BCUT2D eigenvalue weighted by Crippen LogP contribution is -1.92. The molecule has 0 heterocycles. The molecular formula is C16H12BrClO3. The molecule has 2 aromatic carbocycles. The summed E-state index contributed by atoms with van der Waals surface area (Å²) >= 11 is 9.56.